The Bertz CT molecular complexity index is 799. The molecule has 2 fully saturated rings. The van der Waals surface area contributed by atoms with Gasteiger partial charge >= 0.3 is 5.69 Å². The zero-order valence-corrected chi connectivity index (χ0v) is 15.3. The third-order valence-corrected chi connectivity index (χ3v) is 5.88. The van der Waals surface area contributed by atoms with Crippen molar-refractivity contribution >= 4 is 34.7 Å². The van der Waals surface area contributed by atoms with Gasteiger partial charge in [-0.25, -0.2) is 0 Å². The van der Waals surface area contributed by atoms with E-state index in [1.54, 1.807) is 0 Å². The summed E-state index contributed by atoms with van der Waals surface area (Å²) in [5.74, 6) is -0.798. The van der Waals surface area contributed by atoms with E-state index in [-0.39, 0.29) is 21.5 Å². The molecule has 1 heterocycles. The van der Waals surface area contributed by atoms with Crippen LogP contribution in [0.25, 0.3) is 6.08 Å². The minimum Gasteiger partial charge on any atom is -0.502 e. The average molecular weight is 376 g/mol. The van der Waals surface area contributed by atoms with Crippen molar-refractivity contribution in [3.05, 3.63) is 38.8 Å². The van der Waals surface area contributed by atoms with Gasteiger partial charge in [0.1, 0.15) is 0 Å². The molecule has 0 unspecified atom stereocenters. The van der Waals surface area contributed by atoms with Crippen LogP contribution in [-0.2, 0) is 4.79 Å². The molecule has 1 aliphatic heterocycles. The van der Waals surface area contributed by atoms with Crippen LogP contribution in [0.15, 0.2) is 23.1 Å². The average Bonchev–Trinajstić information content (AvgIpc) is 2.84. The Balaban J connectivity index is 1.81. The predicted octanol–water partition coefficient (Wildman–Crippen LogP) is 4.31. The van der Waals surface area contributed by atoms with E-state index in [1.807, 2.05) is 0 Å². The van der Waals surface area contributed by atoms with Crippen molar-refractivity contribution in [3.63, 3.8) is 0 Å². The van der Waals surface area contributed by atoms with Gasteiger partial charge in [-0.3, -0.25) is 24.6 Å². The van der Waals surface area contributed by atoms with Gasteiger partial charge in [-0.1, -0.05) is 32.3 Å². The third kappa shape index (κ3) is 3.75. The number of carbonyl (C=O) groups excluding carboxylic acids is 2. The standard InChI is InChI=1S/C18H20N2O5S/c1-18(7-3-2-4-8-18)11-19-16(22)15(26-17(19)23)10-12-5-6-14(21)13(9-12)20(24)25/h5-6,9-10,21H,2-4,7-8,11H2,1H3/b15-10-. The quantitative estimate of drug-likeness (QED) is 0.477. The first kappa shape index (κ1) is 18.4. The first-order chi connectivity index (χ1) is 12.3. The van der Waals surface area contributed by atoms with E-state index >= 15 is 0 Å². The normalized spacial score (nSPS) is 21.4. The van der Waals surface area contributed by atoms with Crippen molar-refractivity contribution in [1.29, 1.82) is 0 Å². The summed E-state index contributed by atoms with van der Waals surface area (Å²) in [6.45, 7) is 2.52. The largest absolute Gasteiger partial charge is 0.502 e. The van der Waals surface area contributed by atoms with Crippen LogP contribution in [0, 0.1) is 15.5 Å². The molecule has 26 heavy (non-hydrogen) atoms. The summed E-state index contributed by atoms with van der Waals surface area (Å²) in [6.07, 6.45) is 6.87. The van der Waals surface area contributed by atoms with Crippen LogP contribution < -0.4 is 0 Å². The Kier molecular flexibility index (Phi) is 5.04. The summed E-state index contributed by atoms with van der Waals surface area (Å²) in [4.78, 5) is 36.7. The number of amides is 2. The lowest BCUT2D eigenvalue weighted by Gasteiger charge is -2.35. The summed E-state index contributed by atoms with van der Waals surface area (Å²) in [5.41, 5.74) is -0.0896. The van der Waals surface area contributed by atoms with Crippen LogP contribution in [0.2, 0.25) is 0 Å². The highest BCUT2D eigenvalue weighted by atomic mass is 32.2. The van der Waals surface area contributed by atoms with Crippen molar-refractivity contribution in [3.8, 4) is 5.75 Å². The number of carbonyl (C=O) groups is 2. The highest BCUT2D eigenvalue weighted by molar-refractivity contribution is 8.18. The number of hydrogen-bond acceptors (Lipinski definition) is 6. The Hall–Kier alpha value is -2.35. The number of aromatic hydroxyl groups is 1. The minimum absolute atomic E-state index is 0.0447. The summed E-state index contributed by atoms with van der Waals surface area (Å²) >= 11 is 0.849. The number of nitrogens with zero attached hydrogens (tertiary/aromatic N) is 2. The van der Waals surface area contributed by atoms with Crippen LogP contribution >= 0.6 is 11.8 Å². The highest BCUT2D eigenvalue weighted by Crippen LogP contribution is 2.40. The first-order valence-corrected chi connectivity index (χ1v) is 9.33. The molecular formula is C18H20N2O5S. The molecule has 0 spiro atoms. The fourth-order valence-corrected chi connectivity index (χ4v) is 4.35. The number of imide groups is 1. The van der Waals surface area contributed by atoms with Crippen molar-refractivity contribution in [2.45, 2.75) is 39.0 Å². The van der Waals surface area contributed by atoms with Gasteiger partial charge in [0.15, 0.2) is 5.75 Å². The second-order valence-corrected chi connectivity index (χ2v) is 8.14. The molecule has 1 aliphatic carbocycles. The number of benzene rings is 1. The fraction of sp³-hybridized carbons (Fsp3) is 0.444. The van der Waals surface area contributed by atoms with Crippen LogP contribution in [0.5, 0.6) is 5.75 Å². The summed E-state index contributed by atoms with van der Waals surface area (Å²) in [5, 5.41) is 20.1. The maximum absolute atomic E-state index is 12.7. The zero-order chi connectivity index (χ0) is 18.9. The topological polar surface area (TPSA) is 101 Å². The fourth-order valence-electron chi connectivity index (χ4n) is 3.51. The maximum Gasteiger partial charge on any atom is 0.311 e. The van der Waals surface area contributed by atoms with Gasteiger partial charge in [-0.05, 0) is 47.7 Å². The van der Waals surface area contributed by atoms with Crippen molar-refractivity contribution in [1.82, 2.24) is 4.90 Å². The molecular weight excluding hydrogens is 356 g/mol. The van der Waals surface area contributed by atoms with E-state index in [0.29, 0.717) is 12.1 Å². The predicted molar refractivity (Wildman–Crippen MR) is 98.6 cm³/mol. The molecule has 0 radical (unpaired) electrons. The molecule has 3 rings (SSSR count). The number of phenols is 1. The van der Waals surface area contributed by atoms with Crippen molar-refractivity contribution in [2.75, 3.05) is 6.54 Å². The lowest BCUT2D eigenvalue weighted by Crippen LogP contribution is -2.39. The molecule has 1 saturated heterocycles. The van der Waals surface area contributed by atoms with E-state index in [9.17, 15) is 24.8 Å². The van der Waals surface area contributed by atoms with Gasteiger partial charge in [-0.2, -0.15) is 0 Å². The Morgan fingerprint density at radius 2 is 2.00 bits per heavy atom. The molecule has 1 aromatic carbocycles. The van der Waals surface area contributed by atoms with E-state index < -0.39 is 16.4 Å². The Morgan fingerprint density at radius 1 is 1.31 bits per heavy atom. The number of rotatable bonds is 4. The van der Waals surface area contributed by atoms with Crippen LogP contribution in [0.3, 0.4) is 0 Å². The molecule has 2 aliphatic rings. The zero-order valence-electron chi connectivity index (χ0n) is 14.4. The van der Waals surface area contributed by atoms with E-state index in [4.69, 9.17) is 0 Å². The molecule has 7 nitrogen and oxygen atoms in total. The van der Waals surface area contributed by atoms with E-state index in [0.717, 1.165) is 37.4 Å². The molecule has 8 heteroatoms. The maximum atomic E-state index is 12.7. The third-order valence-electron chi connectivity index (χ3n) is 4.97. The van der Waals surface area contributed by atoms with Crippen molar-refractivity contribution < 1.29 is 19.6 Å². The molecule has 1 saturated carbocycles. The molecule has 0 aromatic heterocycles. The number of phenolic OH excluding ortho intramolecular Hbond substituents is 1. The molecule has 2 amide bonds. The summed E-state index contributed by atoms with van der Waals surface area (Å²) in [6, 6.07) is 3.86. The van der Waals surface area contributed by atoms with Gasteiger partial charge in [0.2, 0.25) is 0 Å². The van der Waals surface area contributed by atoms with Gasteiger partial charge < -0.3 is 5.11 Å². The number of nitro benzene ring substituents is 1. The molecule has 1 aromatic rings. The Morgan fingerprint density at radius 3 is 2.65 bits per heavy atom. The summed E-state index contributed by atoms with van der Waals surface area (Å²) in [7, 11) is 0. The second kappa shape index (κ2) is 7.11. The van der Waals surface area contributed by atoms with Crippen LogP contribution in [0.1, 0.15) is 44.6 Å². The van der Waals surface area contributed by atoms with Gasteiger partial charge in [-0.15, -0.1) is 0 Å². The number of nitro groups is 1. The number of thioether (sulfide) groups is 1. The smallest absolute Gasteiger partial charge is 0.311 e. The van der Waals surface area contributed by atoms with Crippen molar-refractivity contribution in [2.24, 2.45) is 5.41 Å². The molecule has 138 valence electrons. The van der Waals surface area contributed by atoms with Gasteiger partial charge in [0.05, 0.1) is 9.83 Å². The first-order valence-electron chi connectivity index (χ1n) is 8.52. The Labute approximate surface area is 155 Å². The van der Waals surface area contributed by atoms with Gasteiger partial charge in [0.25, 0.3) is 11.1 Å². The lowest BCUT2D eigenvalue weighted by atomic mass is 9.75. The van der Waals surface area contributed by atoms with E-state index in [1.165, 1.54) is 35.6 Å². The molecule has 1 N–H and O–H groups in total. The molecule has 0 atom stereocenters. The second-order valence-electron chi connectivity index (χ2n) is 7.14. The summed E-state index contributed by atoms with van der Waals surface area (Å²) < 4.78 is 0. The van der Waals surface area contributed by atoms with E-state index in [2.05, 4.69) is 6.92 Å². The highest BCUT2D eigenvalue weighted by Gasteiger charge is 2.40. The SMILES string of the molecule is CC1(CN2C(=O)S/C(=C\c3ccc(O)c([N+](=O)[O-])c3)C2=O)CCCCC1. The van der Waals surface area contributed by atoms with Crippen LogP contribution in [-0.4, -0.2) is 32.6 Å². The minimum atomic E-state index is -0.692. The van der Waals surface area contributed by atoms with Gasteiger partial charge in [0, 0.05) is 12.6 Å². The number of hydrogen-bond donors (Lipinski definition) is 1. The monoisotopic (exact) mass is 376 g/mol. The van der Waals surface area contributed by atoms with Crippen LogP contribution in [0.4, 0.5) is 10.5 Å². The lowest BCUT2D eigenvalue weighted by molar-refractivity contribution is -0.385. The molecule has 0 bridgehead atoms.